The lowest BCUT2D eigenvalue weighted by Crippen LogP contribution is -2.08. The number of hydrogen-bond donors (Lipinski definition) is 6. The summed E-state index contributed by atoms with van der Waals surface area (Å²) in [5, 5.41) is 6.87. The first-order valence-corrected chi connectivity index (χ1v) is 6.25. The summed E-state index contributed by atoms with van der Waals surface area (Å²) in [6, 6.07) is 0. The molecule has 0 heterocycles. The van der Waals surface area contributed by atoms with E-state index in [1.807, 2.05) is 0 Å². The standard InChI is InChI=1S/C3H9NO7P2/c5-2-1-4-3(12(6,7)8)13(9,10)11/h5-8H,1-2H2,(H-,9,10,11)/p+1. The molecule has 0 rings (SSSR count). The highest BCUT2D eigenvalue weighted by atomic mass is 31.3. The van der Waals surface area contributed by atoms with Crippen LogP contribution in [0.25, 0.3) is 0 Å². The van der Waals surface area contributed by atoms with Crippen molar-refractivity contribution in [2.45, 2.75) is 0 Å². The smallest absolute Gasteiger partial charge is 0.394 e. The van der Waals surface area contributed by atoms with Gasteiger partial charge in [0, 0.05) is 0 Å². The van der Waals surface area contributed by atoms with Crippen molar-refractivity contribution >= 4 is 20.7 Å². The first-order valence-electron chi connectivity index (χ1n) is 2.99. The number of aliphatic hydroxyl groups excluding tert-OH is 1. The Bertz CT molecular complexity index is 239. The van der Waals surface area contributed by atoms with Crippen LogP contribution in [-0.2, 0) is 4.57 Å². The molecule has 0 aromatic carbocycles. The van der Waals surface area contributed by atoms with Crippen molar-refractivity contribution in [1.82, 2.24) is 0 Å². The predicted molar refractivity (Wildman–Crippen MR) is 45.0 cm³/mol. The quantitative estimate of drug-likeness (QED) is 0.249. The SMILES string of the molecule is O=P(O)(O)C(=NCCO)[P+](O)(O)O. The minimum atomic E-state index is -4.99. The molecule has 0 spiro atoms. The Kier molecular flexibility index (Phi) is 4.58. The van der Waals surface area contributed by atoms with Crippen molar-refractivity contribution in [3.63, 3.8) is 0 Å². The minimum absolute atomic E-state index is 0.427. The van der Waals surface area contributed by atoms with E-state index in [1.165, 1.54) is 0 Å². The summed E-state index contributed by atoms with van der Waals surface area (Å²) in [5.74, 6) is 0. The van der Waals surface area contributed by atoms with Gasteiger partial charge in [0.15, 0.2) is 0 Å². The molecular weight excluding hydrogens is 224 g/mol. The molecular formula is C3H10NO7P2+. The second kappa shape index (κ2) is 4.54. The molecule has 8 nitrogen and oxygen atoms in total. The fourth-order valence-electron chi connectivity index (χ4n) is 0.512. The van der Waals surface area contributed by atoms with Gasteiger partial charge in [0.05, 0.1) is 13.2 Å². The van der Waals surface area contributed by atoms with Crippen LogP contribution < -0.4 is 0 Å². The normalized spacial score (nSPS) is 14.8. The first kappa shape index (κ1) is 13.1. The summed E-state index contributed by atoms with van der Waals surface area (Å²) in [5.41, 5.74) is 0. The van der Waals surface area contributed by atoms with E-state index in [0.717, 1.165) is 0 Å². The van der Waals surface area contributed by atoms with E-state index < -0.39 is 33.9 Å². The van der Waals surface area contributed by atoms with Crippen molar-refractivity contribution in [3.8, 4) is 0 Å². The molecule has 0 saturated carbocycles. The van der Waals surface area contributed by atoms with Gasteiger partial charge in [0.1, 0.15) is 0 Å². The first-order chi connectivity index (χ1) is 5.69. The van der Waals surface area contributed by atoms with Crippen LogP contribution in [0.2, 0.25) is 0 Å². The Balaban J connectivity index is 4.90. The number of aliphatic hydroxyl groups is 1. The van der Waals surface area contributed by atoms with Gasteiger partial charge in [-0.2, -0.15) is 14.7 Å². The molecule has 0 aliphatic carbocycles. The molecule has 6 N–H and O–H groups in total. The highest BCUT2D eigenvalue weighted by Crippen LogP contribution is 2.60. The molecule has 0 atom stereocenters. The molecule has 0 radical (unpaired) electrons. The van der Waals surface area contributed by atoms with Gasteiger partial charge in [-0.1, -0.05) is 0 Å². The van der Waals surface area contributed by atoms with Crippen LogP contribution in [-0.4, -0.2) is 47.9 Å². The average molecular weight is 234 g/mol. The Hall–Kier alpha value is 0.0900. The van der Waals surface area contributed by atoms with Crippen LogP contribution in [0.3, 0.4) is 0 Å². The summed E-state index contributed by atoms with van der Waals surface area (Å²) in [6.45, 7) is -0.951. The molecule has 0 aromatic heterocycles. The van der Waals surface area contributed by atoms with Crippen LogP contribution in [0.4, 0.5) is 0 Å². The van der Waals surface area contributed by atoms with E-state index in [2.05, 4.69) is 4.99 Å². The zero-order valence-electron chi connectivity index (χ0n) is 6.35. The molecule has 13 heavy (non-hydrogen) atoms. The topological polar surface area (TPSA) is 151 Å². The van der Waals surface area contributed by atoms with Gasteiger partial charge in [0.2, 0.25) is 0 Å². The molecule has 0 unspecified atom stereocenters. The summed E-state index contributed by atoms with van der Waals surface area (Å²) in [4.78, 5) is 45.6. The van der Waals surface area contributed by atoms with Gasteiger partial charge in [-0.15, -0.1) is 0 Å². The maximum atomic E-state index is 10.5. The number of nitrogens with zero attached hydrogens (tertiary/aromatic N) is 1. The van der Waals surface area contributed by atoms with Crippen molar-refractivity contribution in [2.75, 3.05) is 13.2 Å². The molecule has 0 aliphatic heterocycles. The van der Waals surface area contributed by atoms with Gasteiger partial charge >= 0.3 is 20.7 Å². The van der Waals surface area contributed by atoms with Crippen LogP contribution >= 0.6 is 15.5 Å². The molecule has 0 saturated heterocycles. The second-order valence-corrected chi connectivity index (χ2v) is 5.44. The molecule has 10 heteroatoms. The third kappa shape index (κ3) is 4.75. The highest BCUT2D eigenvalue weighted by Gasteiger charge is 2.51. The summed E-state index contributed by atoms with van der Waals surface area (Å²) < 4.78 is 10.5. The molecule has 78 valence electrons. The van der Waals surface area contributed by atoms with Crippen LogP contribution in [0, 0.1) is 0 Å². The van der Waals surface area contributed by atoms with Crippen LogP contribution in [0.5, 0.6) is 0 Å². The van der Waals surface area contributed by atoms with Gasteiger partial charge in [-0.25, -0.2) is 9.56 Å². The van der Waals surface area contributed by atoms with E-state index >= 15 is 0 Å². The van der Waals surface area contributed by atoms with Crippen molar-refractivity contribution in [3.05, 3.63) is 0 Å². The third-order valence-corrected chi connectivity index (χ3v) is 3.81. The fraction of sp³-hybridized carbons (Fsp3) is 0.667. The largest absolute Gasteiger partial charge is 0.469 e. The lowest BCUT2D eigenvalue weighted by atomic mass is 10.7. The number of hydrogen-bond acceptors (Lipinski definition) is 6. The van der Waals surface area contributed by atoms with Crippen LogP contribution in [0.1, 0.15) is 0 Å². The summed E-state index contributed by atoms with van der Waals surface area (Å²) in [6.07, 6.45) is 0. The fourth-order valence-corrected chi connectivity index (χ4v) is 2.48. The minimum Gasteiger partial charge on any atom is -0.394 e. The van der Waals surface area contributed by atoms with Gasteiger partial charge in [0.25, 0.3) is 0 Å². The Morgan fingerprint density at radius 2 is 1.77 bits per heavy atom. The Morgan fingerprint density at radius 1 is 1.31 bits per heavy atom. The molecule has 0 bridgehead atoms. The van der Waals surface area contributed by atoms with Gasteiger partial charge < -0.3 is 14.9 Å². The second-order valence-electron chi connectivity index (χ2n) is 2.02. The highest BCUT2D eigenvalue weighted by molar-refractivity contribution is 8.00. The van der Waals surface area contributed by atoms with Crippen molar-refractivity contribution in [1.29, 1.82) is 0 Å². The maximum absolute atomic E-state index is 10.5. The lowest BCUT2D eigenvalue weighted by molar-refractivity contribution is 0.306. The van der Waals surface area contributed by atoms with Crippen LogP contribution in [0.15, 0.2) is 4.99 Å². The predicted octanol–water partition coefficient (Wildman–Crippen LogP) is -1.75. The zero-order valence-corrected chi connectivity index (χ0v) is 8.14. The Labute approximate surface area is 73.9 Å². The average Bonchev–Trinajstić information content (AvgIpc) is 1.81. The third-order valence-electron chi connectivity index (χ3n) is 0.882. The van der Waals surface area contributed by atoms with E-state index in [1.54, 1.807) is 0 Å². The van der Waals surface area contributed by atoms with Crippen molar-refractivity contribution in [2.24, 2.45) is 4.99 Å². The maximum Gasteiger partial charge on any atom is 0.469 e. The molecule has 0 fully saturated rings. The van der Waals surface area contributed by atoms with Crippen molar-refractivity contribution < 1.29 is 34.1 Å². The van der Waals surface area contributed by atoms with E-state index in [-0.39, 0.29) is 0 Å². The van der Waals surface area contributed by atoms with Gasteiger partial charge in [-0.05, 0) is 0 Å². The van der Waals surface area contributed by atoms with E-state index in [0.29, 0.717) is 0 Å². The summed E-state index contributed by atoms with van der Waals surface area (Å²) in [7, 11) is -9.79. The molecule has 0 aliphatic rings. The molecule has 0 amide bonds. The van der Waals surface area contributed by atoms with E-state index in [4.69, 9.17) is 29.6 Å². The lowest BCUT2D eigenvalue weighted by Gasteiger charge is -2.07. The monoisotopic (exact) mass is 234 g/mol. The molecule has 0 aromatic rings. The Morgan fingerprint density at radius 3 is 2.00 bits per heavy atom. The van der Waals surface area contributed by atoms with Gasteiger partial charge in [-0.3, -0.25) is 0 Å². The summed E-state index contributed by atoms with van der Waals surface area (Å²) >= 11 is 0. The number of aliphatic imine (C=N–C) groups is 1. The zero-order chi connectivity index (χ0) is 10.7. The number of rotatable bonds is 4. The van der Waals surface area contributed by atoms with E-state index in [9.17, 15) is 4.57 Å².